The minimum Gasteiger partial charge on any atom is -0.480 e. The fourth-order valence-corrected chi connectivity index (χ4v) is 3.43. The Kier molecular flexibility index (Phi) is 6.38. The highest BCUT2D eigenvalue weighted by Gasteiger charge is 2.39. The van der Waals surface area contributed by atoms with Crippen molar-refractivity contribution >= 4 is 46.0 Å². The number of hydrogen-bond donors (Lipinski definition) is 1. The van der Waals surface area contributed by atoms with E-state index in [4.69, 9.17) is 28.3 Å². The molecule has 0 fully saturated rings. The summed E-state index contributed by atoms with van der Waals surface area (Å²) in [5.41, 5.74) is -0.642. The molecule has 1 heterocycles. The van der Waals surface area contributed by atoms with Crippen molar-refractivity contribution in [1.29, 1.82) is 0 Å². The fourth-order valence-electron chi connectivity index (χ4n) is 2.92. The second-order valence-electron chi connectivity index (χ2n) is 6.52. The van der Waals surface area contributed by atoms with E-state index in [2.05, 4.69) is 5.10 Å². The van der Waals surface area contributed by atoms with Crippen LogP contribution in [0.2, 0.25) is 10.0 Å². The van der Waals surface area contributed by atoms with Crippen LogP contribution in [0, 0.1) is 5.82 Å². The van der Waals surface area contributed by atoms with Crippen molar-refractivity contribution in [2.45, 2.75) is 18.6 Å². The topological polar surface area (TPSA) is 72.2 Å². The number of halogens is 6. The lowest BCUT2D eigenvalue weighted by atomic mass is 9.96. The number of carboxylic acid groups (broad SMARTS) is 1. The molecule has 0 saturated carbocycles. The monoisotopic (exact) mass is 474 g/mol. The molecule has 3 aromatic rings. The molecule has 162 valence electrons. The van der Waals surface area contributed by atoms with Crippen LogP contribution in [0.1, 0.15) is 17.0 Å². The number of rotatable bonds is 5. The minimum atomic E-state index is -4.70. The Labute approximate surface area is 182 Å². The molecule has 1 N–H and O–H groups in total. The SMILES string of the molecule is O=C(O)Cn1ncc2cc(/C=C/C(c3cc(Cl)c(F)c(Cl)c3)C(F)(F)F)ccc2c1=O. The molecule has 0 aliphatic heterocycles. The van der Waals surface area contributed by atoms with E-state index in [1.807, 2.05) is 0 Å². The van der Waals surface area contributed by atoms with Gasteiger partial charge in [-0.3, -0.25) is 9.59 Å². The van der Waals surface area contributed by atoms with Gasteiger partial charge in [0.15, 0.2) is 5.82 Å². The van der Waals surface area contributed by atoms with E-state index in [-0.39, 0.29) is 10.9 Å². The van der Waals surface area contributed by atoms with Gasteiger partial charge in [-0.15, -0.1) is 0 Å². The van der Waals surface area contributed by atoms with Crippen LogP contribution < -0.4 is 5.56 Å². The molecule has 0 aliphatic carbocycles. The molecule has 1 unspecified atom stereocenters. The van der Waals surface area contributed by atoms with Crippen molar-refractivity contribution < 1.29 is 27.5 Å². The molecule has 0 spiro atoms. The number of alkyl halides is 3. The van der Waals surface area contributed by atoms with E-state index in [1.54, 1.807) is 0 Å². The number of aromatic nitrogens is 2. The first-order valence-electron chi connectivity index (χ1n) is 8.58. The Morgan fingerprint density at radius 1 is 1.19 bits per heavy atom. The third-order valence-electron chi connectivity index (χ3n) is 4.36. The Hall–Kier alpha value is -2.91. The van der Waals surface area contributed by atoms with E-state index < -0.39 is 46.0 Å². The summed E-state index contributed by atoms with van der Waals surface area (Å²) in [5, 5.41) is 12.0. The lowest BCUT2D eigenvalue weighted by Gasteiger charge is -2.18. The maximum Gasteiger partial charge on any atom is 0.399 e. The first kappa shape index (κ1) is 22.8. The summed E-state index contributed by atoms with van der Waals surface area (Å²) in [4.78, 5) is 23.0. The standard InChI is InChI=1S/C20H12Cl2F4N2O3/c21-15-6-11(7-16(22)18(15)23)14(20(24,25)26)4-2-10-1-3-13-12(5-10)8-27-28(19(13)31)9-17(29)30/h1-8,14H,9H2,(H,29,30)/b4-2+. The van der Waals surface area contributed by atoms with E-state index in [0.717, 1.165) is 22.9 Å². The van der Waals surface area contributed by atoms with Crippen molar-refractivity contribution in [2.75, 3.05) is 0 Å². The number of aliphatic carboxylic acids is 1. The highest BCUT2D eigenvalue weighted by atomic mass is 35.5. The third-order valence-corrected chi connectivity index (χ3v) is 4.91. The first-order valence-corrected chi connectivity index (χ1v) is 9.34. The molecule has 1 atom stereocenters. The van der Waals surface area contributed by atoms with Crippen molar-refractivity contribution in [2.24, 2.45) is 0 Å². The van der Waals surface area contributed by atoms with Crippen LogP contribution in [0.4, 0.5) is 17.6 Å². The summed E-state index contributed by atoms with van der Waals surface area (Å²) in [6, 6.07) is 5.93. The van der Waals surface area contributed by atoms with Gasteiger partial charge in [0.1, 0.15) is 6.54 Å². The normalized spacial score (nSPS) is 13.1. The summed E-state index contributed by atoms with van der Waals surface area (Å²) in [5.74, 6) is -4.36. The van der Waals surface area contributed by atoms with Gasteiger partial charge in [0.25, 0.3) is 5.56 Å². The fraction of sp³-hybridized carbons (Fsp3) is 0.150. The average molecular weight is 475 g/mol. The summed E-state index contributed by atoms with van der Waals surface area (Å²) in [6.45, 7) is -0.619. The Bertz CT molecular complexity index is 1230. The van der Waals surface area contributed by atoms with E-state index >= 15 is 0 Å². The lowest BCUT2D eigenvalue weighted by Crippen LogP contribution is -2.26. The van der Waals surface area contributed by atoms with Crippen LogP contribution in [-0.4, -0.2) is 27.0 Å². The second kappa shape index (κ2) is 8.68. The van der Waals surface area contributed by atoms with Crippen LogP contribution in [0.5, 0.6) is 0 Å². The maximum atomic E-state index is 13.6. The van der Waals surface area contributed by atoms with E-state index in [1.165, 1.54) is 30.5 Å². The summed E-state index contributed by atoms with van der Waals surface area (Å²) < 4.78 is 55.1. The van der Waals surface area contributed by atoms with Crippen molar-refractivity contribution in [3.05, 3.63) is 79.9 Å². The number of benzene rings is 2. The van der Waals surface area contributed by atoms with Crippen molar-refractivity contribution in [1.82, 2.24) is 9.78 Å². The number of hydrogen-bond acceptors (Lipinski definition) is 3. The van der Waals surface area contributed by atoms with Gasteiger partial charge in [-0.25, -0.2) is 9.07 Å². The van der Waals surface area contributed by atoms with Gasteiger partial charge in [0, 0.05) is 5.39 Å². The van der Waals surface area contributed by atoms with Crippen molar-refractivity contribution in [3.63, 3.8) is 0 Å². The molecule has 0 bridgehead atoms. The molecule has 0 aliphatic rings. The highest BCUT2D eigenvalue weighted by molar-refractivity contribution is 6.35. The largest absolute Gasteiger partial charge is 0.480 e. The zero-order chi connectivity index (χ0) is 22.9. The summed E-state index contributed by atoms with van der Waals surface area (Å²) in [6.07, 6.45) is -1.41. The van der Waals surface area contributed by atoms with Crippen LogP contribution in [0.3, 0.4) is 0 Å². The second-order valence-corrected chi connectivity index (χ2v) is 7.34. The zero-order valence-electron chi connectivity index (χ0n) is 15.3. The molecular formula is C20H12Cl2F4N2O3. The van der Waals surface area contributed by atoms with Gasteiger partial charge in [0.2, 0.25) is 0 Å². The predicted molar refractivity (Wildman–Crippen MR) is 108 cm³/mol. The van der Waals surface area contributed by atoms with Gasteiger partial charge >= 0.3 is 12.1 Å². The zero-order valence-corrected chi connectivity index (χ0v) is 16.8. The predicted octanol–water partition coefficient (Wildman–Crippen LogP) is 5.29. The van der Waals surface area contributed by atoms with Gasteiger partial charge in [-0.1, -0.05) is 41.4 Å². The Balaban J connectivity index is 1.99. The summed E-state index contributed by atoms with van der Waals surface area (Å²) in [7, 11) is 0. The maximum absolute atomic E-state index is 13.6. The first-order chi connectivity index (χ1) is 14.5. The van der Waals surface area contributed by atoms with E-state index in [0.29, 0.717) is 10.9 Å². The average Bonchev–Trinajstić information content (AvgIpc) is 2.67. The molecule has 0 radical (unpaired) electrons. The molecule has 0 saturated heterocycles. The number of carboxylic acids is 1. The van der Waals surface area contributed by atoms with Crippen LogP contribution in [0.15, 0.2) is 47.4 Å². The van der Waals surface area contributed by atoms with Crippen molar-refractivity contribution in [3.8, 4) is 0 Å². The molecule has 0 amide bonds. The number of carbonyl (C=O) groups is 1. The van der Waals surface area contributed by atoms with Gasteiger partial charge in [-0.2, -0.15) is 18.3 Å². The van der Waals surface area contributed by atoms with Gasteiger partial charge < -0.3 is 5.11 Å². The number of allylic oxidation sites excluding steroid dienone is 1. The smallest absolute Gasteiger partial charge is 0.399 e. The molecule has 11 heteroatoms. The van der Waals surface area contributed by atoms with Crippen LogP contribution >= 0.6 is 23.2 Å². The number of nitrogens with zero attached hydrogens (tertiary/aromatic N) is 2. The number of fused-ring (bicyclic) bond motifs is 1. The molecular weight excluding hydrogens is 463 g/mol. The molecule has 2 aromatic carbocycles. The molecule has 5 nitrogen and oxygen atoms in total. The minimum absolute atomic E-state index is 0.165. The molecule has 3 rings (SSSR count). The van der Waals surface area contributed by atoms with E-state index in [9.17, 15) is 27.2 Å². The lowest BCUT2D eigenvalue weighted by molar-refractivity contribution is -0.139. The molecule has 31 heavy (non-hydrogen) atoms. The Morgan fingerprint density at radius 3 is 2.42 bits per heavy atom. The van der Waals surface area contributed by atoms with Gasteiger partial charge in [0.05, 0.1) is 27.5 Å². The van der Waals surface area contributed by atoms with Crippen LogP contribution in [0.25, 0.3) is 16.8 Å². The third kappa shape index (κ3) is 5.05. The quantitative estimate of drug-likeness (QED) is 0.403. The Morgan fingerprint density at radius 2 is 1.84 bits per heavy atom. The molecule has 1 aromatic heterocycles. The van der Waals surface area contributed by atoms with Gasteiger partial charge in [-0.05, 0) is 35.4 Å². The highest BCUT2D eigenvalue weighted by Crippen LogP contribution is 2.39. The summed E-state index contributed by atoms with van der Waals surface area (Å²) >= 11 is 11.3. The van der Waals surface area contributed by atoms with Crippen LogP contribution in [-0.2, 0) is 11.3 Å².